The van der Waals surface area contributed by atoms with Crippen molar-refractivity contribution in [2.24, 2.45) is 4.99 Å². The molecule has 1 aliphatic carbocycles. The third-order valence-electron chi connectivity index (χ3n) is 6.02. The van der Waals surface area contributed by atoms with Gasteiger partial charge in [-0.05, 0) is 49.8 Å². The van der Waals surface area contributed by atoms with E-state index in [0.29, 0.717) is 32.0 Å². The van der Waals surface area contributed by atoms with Crippen LogP contribution in [0.1, 0.15) is 36.5 Å². The summed E-state index contributed by atoms with van der Waals surface area (Å²) in [5, 5.41) is 16.7. The largest absolute Gasteiger partial charge is 0.508 e. The fourth-order valence-corrected chi connectivity index (χ4v) is 4.32. The Morgan fingerprint density at radius 2 is 1.94 bits per heavy atom. The zero-order valence-corrected chi connectivity index (χ0v) is 19.0. The Morgan fingerprint density at radius 1 is 1.16 bits per heavy atom. The van der Waals surface area contributed by atoms with Crippen LogP contribution in [0.5, 0.6) is 5.75 Å². The first-order chi connectivity index (χ1) is 15.1. The number of amides is 1. The van der Waals surface area contributed by atoms with Crippen molar-refractivity contribution >= 4 is 11.9 Å². The van der Waals surface area contributed by atoms with Gasteiger partial charge in [0.1, 0.15) is 5.75 Å². The van der Waals surface area contributed by atoms with E-state index in [9.17, 15) is 9.90 Å². The number of nitrogens with zero attached hydrogens (tertiary/aromatic N) is 3. The highest BCUT2D eigenvalue weighted by molar-refractivity contribution is 5.80. The summed E-state index contributed by atoms with van der Waals surface area (Å²) in [5.41, 5.74) is 3.62. The van der Waals surface area contributed by atoms with E-state index in [4.69, 9.17) is 9.73 Å². The molecule has 0 saturated carbocycles. The molecule has 0 atom stereocenters. The van der Waals surface area contributed by atoms with Gasteiger partial charge in [0, 0.05) is 51.9 Å². The Hall–Kier alpha value is -2.32. The lowest BCUT2D eigenvalue weighted by atomic mass is 9.88. The third kappa shape index (κ3) is 6.58. The van der Waals surface area contributed by atoms with E-state index in [1.54, 1.807) is 7.11 Å². The molecular weight excluding hydrogens is 394 g/mol. The van der Waals surface area contributed by atoms with Crippen LogP contribution < -0.4 is 10.6 Å². The number of ether oxygens (including phenoxy) is 1. The second kappa shape index (κ2) is 11.9. The molecule has 0 radical (unpaired) electrons. The molecule has 1 fully saturated rings. The molecule has 8 nitrogen and oxygen atoms in total. The molecule has 1 saturated heterocycles. The second-order valence-electron chi connectivity index (χ2n) is 8.18. The zero-order chi connectivity index (χ0) is 22.1. The molecule has 0 aromatic heterocycles. The first kappa shape index (κ1) is 23.3. The van der Waals surface area contributed by atoms with Gasteiger partial charge in [-0.15, -0.1) is 0 Å². The molecule has 8 heteroatoms. The zero-order valence-electron chi connectivity index (χ0n) is 19.0. The van der Waals surface area contributed by atoms with Gasteiger partial charge in [-0.1, -0.05) is 6.07 Å². The molecule has 3 N–H and O–H groups in total. The number of hydrogen-bond acceptors (Lipinski definition) is 5. The fraction of sp³-hybridized carbons (Fsp3) is 0.652. The van der Waals surface area contributed by atoms with Crippen LogP contribution in [0.25, 0.3) is 0 Å². The highest BCUT2D eigenvalue weighted by Gasteiger charge is 2.22. The minimum atomic E-state index is 0.0374. The van der Waals surface area contributed by atoms with Crippen molar-refractivity contribution in [2.75, 3.05) is 59.5 Å². The number of fused-ring (bicyclic) bond motifs is 1. The van der Waals surface area contributed by atoms with Gasteiger partial charge in [-0.25, -0.2) is 4.99 Å². The van der Waals surface area contributed by atoms with Gasteiger partial charge in [0.2, 0.25) is 5.91 Å². The molecule has 1 amide bonds. The maximum absolute atomic E-state index is 12.0. The molecule has 172 valence electrons. The molecule has 0 bridgehead atoms. The average molecular weight is 432 g/mol. The molecule has 0 spiro atoms. The van der Waals surface area contributed by atoms with Gasteiger partial charge < -0.3 is 25.4 Å². The van der Waals surface area contributed by atoms with Crippen LogP contribution in [0, 0.1) is 0 Å². The lowest BCUT2D eigenvalue weighted by molar-refractivity contribution is -0.122. The van der Waals surface area contributed by atoms with Crippen molar-refractivity contribution in [1.82, 2.24) is 20.4 Å². The Labute approximate surface area is 185 Å². The number of rotatable bonds is 8. The van der Waals surface area contributed by atoms with E-state index < -0.39 is 0 Å². The summed E-state index contributed by atoms with van der Waals surface area (Å²) >= 11 is 0. The van der Waals surface area contributed by atoms with Gasteiger partial charge in [0.05, 0.1) is 19.7 Å². The van der Waals surface area contributed by atoms with Crippen LogP contribution in [0.3, 0.4) is 0 Å². The smallest absolute Gasteiger partial charge is 0.234 e. The summed E-state index contributed by atoms with van der Waals surface area (Å²) in [5.74, 6) is 1.26. The number of nitrogens with one attached hydrogen (secondary N) is 2. The second-order valence-corrected chi connectivity index (χ2v) is 8.18. The number of hydrogen-bond donors (Lipinski definition) is 3. The van der Waals surface area contributed by atoms with Gasteiger partial charge >= 0.3 is 0 Å². The average Bonchev–Trinajstić information content (AvgIpc) is 2.78. The molecular formula is C23H37N5O3. The molecule has 2 aliphatic rings. The summed E-state index contributed by atoms with van der Waals surface area (Å²) in [6, 6.07) is 3.88. The standard InChI is InChI=1S/C23H37N5O3/c1-3-24-23(26-16-20-19-7-5-4-6-18(19)8-9-21(20)29)28-13-11-27(12-14-28)17-22(30)25-10-15-31-2/h8-9,29H,3-7,10-17H2,1-2H3,(H,24,26)(H,25,30). The van der Waals surface area contributed by atoms with Crippen molar-refractivity contribution < 1.29 is 14.6 Å². The van der Waals surface area contributed by atoms with Gasteiger partial charge in [0.15, 0.2) is 5.96 Å². The minimum Gasteiger partial charge on any atom is -0.508 e. The molecule has 1 aliphatic heterocycles. The first-order valence-corrected chi connectivity index (χ1v) is 11.5. The number of piperazine rings is 1. The summed E-state index contributed by atoms with van der Waals surface area (Å²) in [6.07, 6.45) is 4.51. The van der Waals surface area contributed by atoms with Crippen molar-refractivity contribution in [3.8, 4) is 5.75 Å². The highest BCUT2D eigenvalue weighted by atomic mass is 16.5. The van der Waals surface area contributed by atoms with Gasteiger partial charge in [-0.2, -0.15) is 0 Å². The van der Waals surface area contributed by atoms with Crippen LogP contribution in [0.4, 0.5) is 0 Å². The number of guanidine groups is 1. The molecule has 1 heterocycles. The normalized spacial score (nSPS) is 17.4. The maximum Gasteiger partial charge on any atom is 0.234 e. The van der Waals surface area contributed by atoms with Crippen LogP contribution in [0.15, 0.2) is 17.1 Å². The third-order valence-corrected chi connectivity index (χ3v) is 6.02. The van der Waals surface area contributed by atoms with E-state index in [2.05, 4.69) is 33.4 Å². The van der Waals surface area contributed by atoms with Gasteiger partial charge in [0.25, 0.3) is 0 Å². The topological polar surface area (TPSA) is 89.4 Å². The number of phenolic OH excluding ortho intramolecular Hbond substituents is 1. The number of benzene rings is 1. The van der Waals surface area contributed by atoms with Crippen LogP contribution in [0.2, 0.25) is 0 Å². The van der Waals surface area contributed by atoms with E-state index in [1.807, 2.05) is 6.07 Å². The van der Waals surface area contributed by atoms with Crippen molar-refractivity contribution in [3.63, 3.8) is 0 Å². The Balaban J connectivity index is 1.58. The lowest BCUT2D eigenvalue weighted by Crippen LogP contribution is -2.54. The van der Waals surface area contributed by atoms with E-state index in [-0.39, 0.29) is 5.91 Å². The monoisotopic (exact) mass is 431 g/mol. The quantitative estimate of drug-likeness (QED) is 0.325. The molecule has 1 aromatic carbocycles. The number of carbonyl (C=O) groups excluding carboxylic acids is 1. The Morgan fingerprint density at radius 3 is 2.68 bits per heavy atom. The predicted octanol–water partition coefficient (Wildman–Crippen LogP) is 1.12. The van der Waals surface area contributed by atoms with E-state index >= 15 is 0 Å². The maximum atomic E-state index is 12.0. The van der Waals surface area contributed by atoms with Crippen molar-refractivity contribution in [2.45, 2.75) is 39.2 Å². The first-order valence-electron chi connectivity index (χ1n) is 11.5. The number of methoxy groups -OCH3 is 1. The minimum absolute atomic E-state index is 0.0374. The number of aliphatic imine (C=N–C) groups is 1. The highest BCUT2D eigenvalue weighted by Crippen LogP contribution is 2.31. The summed E-state index contributed by atoms with van der Waals surface area (Å²) < 4.78 is 4.97. The number of aryl methyl sites for hydroxylation is 1. The van der Waals surface area contributed by atoms with Crippen LogP contribution >= 0.6 is 0 Å². The van der Waals surface area contributed by atoms with Crippen molar-refractivity contribution in [1.29, 1.82) is 0 Å². The fourth-order valence-electron chi connectivity index (χ4n) is 4.32. The Kier molecular flexibility index (Phi) is 8.97. The van der Waals surface area contributed by atoms with Gasteiger partial charge in [-0.3, -0.25) is 9.69 Å². The number of phenols is 1. The molecule has 3 rings (SSSR count). The Bertz CT molecular complexity index is 760. The van der Waals surface area contributed by atoms with E-state index in [1.165, 1.54) is 24.0 Å². The molecule has 31 heavy (non-hydrogen) atoms. The molecule has 1 aromatic rings. The van der Waals surface area contributed by atoms with Crippen molar-refractivity contribution in [3.05, 3.63) is 28.8 Å². The molecule has 0 unspecified atom stereocenters. The SMILES string of the molecule is CCNC(=NCc1c(O)ccc2c1CCCC2)N1CCN(CC(=O)NCCOC)CC1. The van der Waals surface area contributed by atoms with E-state index in [0.717, 1.165) is 57.1 Å². The number of aromatic hydroxyl groups is 1. The lowest BCUT2D eigenvalue weighted by Gasteiger charge is -2.36. The summed E-state index contributed by atoms with van der Waals surface area (Å²) in [6.45, 7) is 8.09. The summed E-state index contributed by atoms with van der Waals surface area (Å²) in [7, 11) is 1.63. The van der Waals surface area contributed by atoms with Crippen LogP contribution in [-0.4, -0.2) is 86.3 Å². The predicted molar refractivity (Wildman–Crippen MR) is 122 cm³/mol. The number of carbonyl (C=O) groups is 1. The summed E-state index contributed by atoms with van der Waals surface area (Å²) in [4.78, 5) is 21.3. The van der Waals surface area contributed by atoms with Crippen LogP contribution in [-0.2, 0) is 28.9 Å².